The summed E-state index contributed by atoms with van der Waals surface area (Å²) in [5, 5.41) is 14.5. The molecule has 15 heteroatoms. The van der Waals surface area contributed by atoms with Crippen LogP contribution in [0.15, 0.2) is 0 Å². The Morgan fingerprint density at radius 1 is 1.17 bits per heavy atom. The summed E-state index contributed by atoms with van der Waals surface area (Å²) in [6.45, 7) is 0.0695. The largest absolute Gasteiger partial charge is 0.422 e. The summed E-state index contributed by atoms with van der Waals surface area (Å²) in [6.07, 6.45) is -6.74. The van der Waals surface area contributed by atoms with E-state index < -0.39 is 74.7 Å². The van der Waals surface area contributed by atoms with Gasteiger partial charge in [0.1, 0.15) is 17.4 Å². The fourth-order valence-electron chi connectivity index (χ4n) is 2.98. The van der Waals surface area contributed by atoms with Crippen molar-refractivity contribution >= 4 is 17.3 Å². The molecule has 0 aliphatic carbocycles. The SMILES string of the molecule is Nc1nn(-c2c(F)c(F)c(C(F)(F)F)c(F)c2F)c(C(=O)C2CCCO2)c1[N+](=O)[O-]. The molecule has 2 heterocycles. The van der Waals surface area contributed by atoms with Gasteiger partial charge in [0.25, 0.3) is 0 Å². The number of nitrogens with two attached hydrogens (primary N) is 1. The highest BCUT2D eigenvalue weighted by Gasteiger charge is 2.45. The van der Waals surface area contributed by atoms with Crippen LogP contribution in [0.1, 0.15) is 28.9 Å². The maximum atomic E-state index is 14.4. The number of halogens is 7. The number of anilines is 1. The summed E-state index contributed by atoms with van der Waals surface area (Å²) < 4.78 is 99.8. The molecule has 1 saturated heterocycles. The van der Waals surface area contributed by atoms with Gasteiger partial charge in [-0.3, -0.25) is 14.9 Å². The Morgan fingerprint density at radius 3 is 2.17 bits per heavy atom. The van der Waals surface area contributed by atoms with Crippen LogP contribution in [0.2, 0.25) is 0 Å². The third kappa shape index (κ3) is 3.24. The van der Waals surface area contributed by atoms with Crippen molar-refractivity contribution in [2.45, 2.75) is 25.1 Å². The monoisotopic (exact) mass is 442 g/mol. The number of Topliss-reactive ketones (excluding diaryl/α,β-unsaturated/α-hetero) is 1. The number of hydrogen-bond donors (Lipinski definition) is 1. The van der Waals surface area contributed by atoms with Crippen LogP contribution >= 0.6 is 0 Å². The van der Waals surface area contributed by atoms with Crippen LogP contribution in [0, 0.1) is 33.4 Å². The van der Waals surface area contributed by atoms with Crippen molar-refractivity contribution in [2.75, 3.05) is 12.3 Å². The predicted molar refractivity (Wildman–Crippen MR) is 82.8 cm³/mol. The summed E-state index contributed by atoms with van der Waals surface area (Å²) in [7, 11) is 0. The van der Waals surface area contributed by atoms with Crippen LogP contribution in [-0.4, -0.2) is 33.2 Å². The number of rotatable bonds is 4. The molecule has 162 valence electrons. The zero-order valence-electron chi connectivity index (χ0n) is 14.4. The van der Waals surface area contributed by atoms with Crippen molar-refractivity contribution in [1.82, 2.24) is 9.78 Å². The molecule has 2 aromatic rings. The van der Waals surface area contributed by atoms with Gasteiger partial charge in [0.05, 0.1) is 4.92 Å². The molecular weight excluding hydrogens is 433 g/mol. The average Bonchev–Trinajstić information content (AvgIpc) is 3.26. The van der Waals surface area contributed by atoms with Gasteiger partial charge >= 0.3 is 11.9 Å². The molecule has 1 atom stereocenters. The van der Waals surface area contributed by atoms with Gasteiger partial charge < -0.3 is 10.5 Å². The lowest BCUT2D eigenvalue weighted by molar-refractivity contribution is -0.384. The molecule has 0 amide bonds. The molecule has 1 aromatic heterocycles. The number of ether oxygens (including phenoxy) is 1. The zero-order chi connectivity index (χ0) is 22.5. The number of nitrogen functional groups attached to an aromatic ring is 1. The van der Waals surface area contributed by atoms with Crippen LogP contribution < -0.4 is 5.73 Å². The normalized spacial score (nSPS) is 16.8. The van der Waals surface area contributed by atoms with Gasteiger partial charge in [-0.1, -0.05) is 0 Å². The molecule has 0 bridgehead atoms. The molecule has 1 aliphatic rings. The van der Waals surface area contributed by atoms with E-state index in [4.69, 9.17) is 10.5 Å². The van der Waals surface area contributed by atoms with Crippen LogP contribution in [0.25, 0.3) is 5.69 Å². The Labute approximate surface area is 161 Å². The van der Waals surface area contributed by atoms with E-state index in [9.17, 15) is 45.6 Å². The number of aromatic nitrogens is 2. The van der Waals surface area contributed by atoms with Crippen LogP contribution in [0.4, 0.5) is 42.2 Å². The van der Waals surface area contributed by atoms with Gasteiger partial charge in [-0.15, -0.1) is 5.10 Å². The lowest BCUT2D eigenvalue weighted by Gasteiger charge is -2.15. The van der Waals surface area contributed by atoms with E-state index in [0.717, 1.165) is 0 Å². The number of nitro groups is 1. The predicted octanol–water partition coefficient (Wildman–Crippen LogP) is 3.30. The minimum Gasteiger partial charge on any atom is -0.376 e. The molecule has 0 spiro atoms. The zero-order valence-corrected chi connectivity index (χ0v) is 14.4. The Bertz CT molecular complexity index is 1030. The van der Waals surface area contributed by atoms with E-state index in [1.165, 1.54) is 0 Å². The minimum absolute atomic E-state index is 0.0434. The lowest BCUT2D eigenvalue weighted by Crippen LogP contribution is -2.25. The first-order valence-corrected chi connectivity index (χ1v) is 8.00. The molecular formula is C15H9F7N4O4. The molecule has 1 unspecified atom stereocenters. The fraction of sp³-hybridized carbons (Fsp3) is 0.333. The van der Waals surface area contributed by atoms with Crippen molar-refractivity contribution < 1.29 is 45.2 Å². The molecule has 8 nitrogen and oxygen atoms in total. The minimum atomic E-state index is -5.81. The van der Waals surface area contributed by atoms with Gasteiger partial charge in [-0.25, -0.2) is 22.2 Å². The summed E-state index contributed by atoms with van der Waals surface area (Å²) in [5.41, 5.74) is -1.92. The Balaban J connectivity index is 2.36. The third-order valence-corrected chi connectivity index (χ3v) is 4.26. The highest BCUT2D eigenvalue weighted by atomic mass is 19.4. The number of nitrogens with zero attached hydrogens (tertiary/aromatic N) is 3. The summed E-state index contributed by atoms with van der Waals surface area (Å²) in [6, 6.07) is 0. The third-order valence-electron chi connectivity index (χ3n) is 4.26. The Hall–Kier alpha value is -3.23. The molecule has 0 saturated carbocycles. The number of alkyl halides is 3. The summed E-state index contributed by atoms with van der Waals surface area (Å²) in [5.74, 6) is -13.1. The maximum Gasteiger partial charge on any atom is 0.422 e. The number of ketones is 1. The standard InChI is InChI=1S/C15H9F7N4O4/c16-6-5(15(20,21)22)7(17)9(19)10(8(6)18)25-11(12(26(28)29)14(23)24-25)13(27)4-2-1-3-30-4/h4H,1-3H2,(H2,23,24). The van der Waals surface area contributed by atoms with Gasteiger partial charge in [0, 0.05) is 6.61 Å². The molecule has 3 rings (SSSR count). The first kappa shape index (κ1) is 21.5. The number of carbonyl (C=O) groups excluding carboxylic acids is 1. The van der Waals surface area contributed by atoms with E-state index in [2.05, 4.69) is 5.10 Å². The molecule has 1 fully saturated rings. The van der Waals surface area contributed by atoms with E-state index in [1.54, 1.807) is 0 Å². The van der Waals surface area contributed by atoms with Crippen LogP contribution in [-0.2, 0) is 10.9 Å². The highest BCUT2D eigenvalue weighted by molar-refractivity contribution is 6.03. The van der Waals surface area contributed by atoms with Crippen molar-refractivity contribution in [3.8, 4) is 5.69 Å². The van der Waals surface area contributed by atoms with E-state index >= 15 is 0 Å². The quantitative estimate of drug-likeness (QED) is 0.256. The van der Waals surface area contributed by atoms with Crippen molar-refractivity contribution in [2.24, 2.45) is 0 Å². The fourth-order valence-corrected chi connectivity index (χ4v) is 2.98. The number of carbonyl (C=O) groups is 1. The number of hydrogen-bond acceptors (Lipinski definition) is 6. The first-order chi connectivity index (χ1) is 13.9. The smallest absolute Gasteiger partial charge is 0.376 e. The first-order valence-electron chi connectivity index (χ1n) is 8.00. The molecule has 1 aliphatic heterocycles. The van der Waals surface area contributed by atoms with Crippen LogP contribution in [0.3, 0.4) is 0 Å². The second-order valence-corrected chi connectivity index (χ2v) is 6.09. The second-order valence-electron chi connectivity index (χ2n) is 6.09. The van der Waals surface area contributed by atoms with Crippen molar-refractivity contribution in [3.05, 3.63) is 44.6 Å². The second kappa shape index (κ2) is 7.23. The topological polar surface area (TPSA) is 113 Å². The summed E-state index contributed by atoms with van der Waals surface area (Å²) >= 11 is 0. The van der Waals surface area contributed by atoms with Gasteiger partial charge in [-0.05, 0) is 12.8 Å². The Kier molecular flexibility index (Phi) is 5.17. The molecule has 0 radical (unpaired) electrons. The van der Waals surface area contributed by atoms with Gasteiger partial charge in [0.15, 0.2) is 29.0 Å². The number of benzene rings is 1. The Morgan fingerprint density at radius 2 is 1.73 bits per heavy atom. The van der Waals surface area contributed by atoms with E-state index in [-0.39, 0.29) is 17.7 Å². The van der Waals surface area contributed by atoms with E-state index in [0.29, 0.717) is 6.42 Å². The maximum absolute atomic E-state index is 14.4. The highest BCUT2D eigenvalue weighted by Crippen LogP contribution is 2.39. The molecule has 1 aromatic carbocycles. The van der Waals surface area contributed by atoms with Gasteiger partial charge in [-0.2, -0.15) is 13.2 Å². The van der Waals surface area contributed by atoms with Crippen LogP contribution in [0.5, 0.6) is 0 Å². The van der Waals surface area contributed by atoms with Crippen molar-refractivity contribution in [3.63, 3.8) is 0 Å². The van der Waals surface area contributed by atoms with E-state index in [1.807, 2.05) is 0 Å². The lowest BCUT2D eigenvalue weighted by atomic mass is 10.1. The molecule has 30 heavy (non-hydrogen) atoms. The van der Waals surface area contributed by atoms with Gasteiger partial charge in [0.2, 0.25) is 11.6 Å². The molecule has 2 N–H and O–H groups in total. The van der Waals surface area contributed by atoms with Crippen molar-refractivity contribution in [1.29, 1.82) is 0 Å². The average molecular weight is 442 g/mol. The summed E-state index contributed by atoms with van der Waals surface area (Å²) in [4.78, 5) is 22.7.